The largest absolute Gasteiger partial charge is 0.372 e. The number of aromatic nitrogens is 1. The van der Waals surface area contributed by atoms with Crippen molar-refractivity contribution in [3.63, 3.8) is 0 Å². The Morgan fingerprint density at radius 3 is 2.44 bits per heavy atom. The second-order valence-electron chi connectivity index (χ2n) is 7.46. The van der Waals surface area contributed by atoms with E-state index in [1.165, 1.54) is 30.5 Å². The van der Waals surface area contributed by atoms with E-state index in [0.29, 0.717) is 6.42 Å². The fourth-order valence-corrected chi connectivity index (χ4v) is 4.10. The van der Waals surface area contributed by atoms with Crippen molar-refractivity contribution in [3.8, 4) is 0 Å². The highest BCUT2D eigenvalue weighted by Crippen LogP contribution is 2.26. The van der Waals surface area contributed by atoms with Crippen LogP contribution in [0.5, 0.6) is 0 Å². The molecule has 1 aliphatic rings. The molecule has 4 nitrogen and oxygen atoms in total. The highest BCUT2D eigenvalue weighted by Gasteiger charge is 2.15. The molecular weight excluding hydrogens is 334 g/mol. The van der Waals surface area contributed by atoms with Crippen molar-refractivity contribution in [2.24, 2.45) is 7.05 Å². The molecule has 4 heteroatoms. The van der Waals surface area contributed by atoms with Gasteiger partial charge in [-0.2, -0.15) is 0 Å². The van der Waals surface area contributed by atoms with Crippen LogP contribution in [0.25, 0.3) is 10.9 Å². The van der Waals surface area contributed by atoms with Gasteiger partial charge in [-0.05, 0) is 62.1 Å². The van der Waals surface area contributed by atoms with Crippen molar-refractivity contribution in [1.29, 1.82) is 0 Å². The number of hydrogen-bond donors (Lipinski definition) is 1. The van der Waals surface area contributed by atoms with Crippen molar-refractivity contribution < 1.29 is 4.79 Å². The number of rotatable bonds is 4. The molecule has 1 N–H and O–H groups in total. The fraction of sp³-hybridized carbons (Fsp3) is 0.348. The first-order chi connectivity index (χ1) is 13.1. The number of benzene rings is 2. The van der Waals surface area contributed by atoms with Crippen LogP contribution in [0.2, 0.25) is 0 Å². The molecule has 27 heavy (non-hydrogen) atoms. The van der Waals surface area contributed by atoms with Gasteiger partial charge < -0.3 is 14.8 Å². The molecule has 0 radical (unpaired) electrons. The van der Waals surface area contributed by atoms with E-state index in [2.05, 4.69) is 53.0 Å². The van der Waals surface area contributed by atoms with Gasteiger partial charge in [-0.3, -0.25) is 4.79 Å². The topological polar surface area (TPSA) is 37.3 Å². The minimum atomic E-state index is 0.0279. The number of hydrogen-bond acceptors (Lipinski definition) is 2. The Hall–Kier alpha value is -2.75. The molecule has 140 valence electrons. The number of piperidine rings is 1. The monoisotopic (exact) mass is 361 g/mol. The van der Waals surface area contributed by atoms with Crippen LogP contribution in [0.1, 0.15) is 30.5 Å². The summed E-state index contributed by atoms with van der Waals surface area (Å²) in [6, 6.07) is 16.5. The van der Waals surface area contributed by atoms with Gasteiger partial charge in [-0.15, -0.1) is 0 Å². The summed E-state index contributed by atoms with van der Waals surface area (Å²) in [5, 5.41) is 4.22. The number of amides is 1. The van der Waals surface area contributed by atoms with Crippen molar-refractivity contribution >= 4 is 28.2 Å². The summed E-state index contributed by atoms with van der Waals surface area (Å²) in [7, 11) is 2.05. The number of carbonyl (C=O) groups is 1. The van der Waals surface area contributed by atoms with Crippen molar-refractivity contribution in [1.82, 2.24) is 4.57 Å². The molecule has 1 amide bonds. The van der Waals surface area contributed by atoms with Crippen molar-refractivity contribution in [2.45, 2.75) is 32.6 Å². The molecular formula is C23H27N3O. The molecule has 0 saturated carbocycles. The summed E-state index contributed by atoms with van der Waals surface area (Å²) in [6.45, 7) is 4.34. The molecule has 1 fully saturated rings. The Bertz CT molecular complexity index is 950. The van der Waals surface area contributed by atoms with Gasteiger partial charge >= 0.3 is 0 Å². The van der Waals surface area contributed by atoms with Crippen LogP contribution < -0.4 is 10.2 Å². The first-order valence-electron chi connectivity index (χ1n) is 9.81. The molecule has 0 aliphatic carbocycles. The maximum Gasteiger partial charge on any atom is 0.228 e. The van der Waals surface area contributed by atoms with E-state index < -0.39 is 0 Å². The predicted octanol–water partition coefficient (Wildman–Crippen LogP) is 4.66. The molecule has 2 aromatic carbocycles. The van der Waals surface area contributed by atoms with Gasteiger partial charge in [0.25, 0.3) is 0 Å². The molecule has 1 saturated heterocycles. The second kappa shape index (κ2) is 7.47. The molecule has 1 aliphatic heterocycles. The lowest BCUT2D eigenvalue weighted by molar-refractivity contribution is -0.115. The van der Waals surface area contributed by atoms with Gasteiger partial charge in [0, 0.05) is 48.1 Å². The van der Waals surface area contributed by atoms with Crippen LogP contribution in [0.4, 0.5) is 11.4 Å². The lowest BCUT2D eigenvalue weighted by Crippen LogP contribution is -2.29. The molecule has 0 bridgehead atoms. The van der Waals surface area contributed by atoms with E-state index in [4.69, 9.17) is 0 Å². The molecule has 3 aromatic rings. The number of nitrogens with one attached hydrogen (secondary N) is 1. The summed E-state index contributed by atoms with van der Waals surface area (Å²) in [5.41, 5.74) is 5.53. The third-order valence-corrected chi connectivity index (χ3v) is 5.74. The van der Waals surface area contributed by atoms with Crippen LogP contribution in [-0.4, -0.2) is 23.6 Å². The zero-order valence-electron chi connectivity index (χ0n) is 16.2. The van der Waals surface area contributed by atoms with Gasteiger partial charge in [-0.25, -0.2) is 0 Å². The first-order valence-corrected chi connectivity index (χ1v) is 9.81. The van der Waals surface area contributed by atoms with Crippen LogP contribution in [0.15, 0.2) is 48.5 Å². The third kappa shape index (κ3) is 3.57. The van der Waals surface area contributed by atoms with E-state index >= 15 is 0 Å². The molecule has 4 rings (SSSR count). The van der Waals surface area contributed by atoms with E-state index in [1.807, 2.05) is 24.3 Å². The normalized spacial score (nSPS) is 14.5. The Morgan fingerprint density at radius 2 is 1.70 bits per heavy atom. The van der Waals surface area contributed by atoms with Crippen LogP contribution in [0.3, 0.4) is 0 Å². The average Bonchev–Trinajstić information content (AvgIpc) is 2.94. The zero-order chi connectivity index (χ0) is 18.8. The summed E-state index contributed by atoms with van der Waals surface area (Å²) in [4.78, 5) is 15.1. The molecule has 1 aromatic heterocycles. The summed E-state index contributed by atoms with van der Waals surface area (Å²) in [5.74, 6) is 0.0279. The van der Waals surface area contributed by atoms with Gasteiger partial charge in [-0.1, -0.05) is 18.2 Å². The van der Waals surface area contributed by atoms with Gasteiger partial charge in [0.15, 0.2) is 0 Å². The first kappa shape index (κ1) is 17.7. The maximum absolute atomic E-state index is 12.6. The fourth-order valence-electron chi connectivity index (χ4n) is 4.10. The Morgan fingerprint density at radius 1 is 1.00 bits per heavy atom. The molecule has 0 unspecified atom stereocenters. The Balaban J connectivity index is 1.46. The number of aryl methyl sites for hydroxylation is 1. The predicted molar refractivity (Wildman–Crippen MR) is 112 cm³/mol. The van der Waals surface area contributed by atoms with Crippen molar-refractivity contribution in [3.05, 3.63) is 59.8 Å². The highest BCUT2D eigenvalue weighted by molar-refractivity contribution is 5.96. The zero-order valence-corrected chi connectivity index (χ0v) is 16.2. The minimum absolute atomic E-state index is 0.0279. The number of anilines is 2. The maximum atomic E-state index is 12.6. The summed E-state index contributed by atoms with van der Waals surface area (Å²) >= 11 is 0. The van der Waals surface area contributed by atoms with Crippen LogP contribution >= 0.6 is 0 Å². The third-order valence-electron chi connectivity index (χ3n) is 5.74. The highest BCUT2D eigenvalue weighted by atomic mass is 16.1. The Kier molecular flexibility index (Phi) is 4.88. The molecule has 0 atom stereocenters. The van der Waals surface area contributed by atoms with E-state index in [-0.39, 0.29) is 5.91 Å². The number of para-hydroxylation sites is 1. The van der Waals surface area contributed by atoms with E-state index in [9.17, 15) is 4.79 Å². The van der Waals surface area contributed by atoms with Crippen molar-refractivity contribution in [2.75, 3.05) is 23.3 Å². The molecule has 0 spiro atoms. The summed E-state index contributed by atoms with van der Waals surface area (Å²) in [6.07, 6.45) is 4.25. The quantitative estimate of drug-likeness (QED) is 0.734. The van der Waals surface area contributed by atoms with Gasteiger partial charge in [0.2, 0.25) is 5.91 Å². The van der Waals surface area contributed by atoms with Gasteiger partial charge in [0.1, 0.15) is 0 Å². The SMILES string of the molecule is Cc1c(CC(=O)Nc2ccc(N3CCCCC3)cc2)c2ccccc2n1C. The number of carbonyl (C=O) groups excluding carboxylic acids is 1. The number of nitrogens with zero attached hydrogens (tertiary/aromatic N) is 2. The van der Waals surface area contributed by atoms with E-state index in [1.54, 1.807) is 0 Å². The lowest BCUT2D eigenvalue weighted by Gasteiger charge is -2.28. The van der Waals surface area contributed by atoms with Gasteiger partial charge in [0.05, 0.1) is 6.42 Å². The van der Waals surface area contributed by atoms with E-state index in [0.717, 1.165) is 35.4 Å². The Labute approximate surface area is 160 Å². The van der Waals surface area contributed by atoms with Crippen LogP contribution in [-0.2, 0) is 18.3 Å². The second-order valence-corrected chi connectivity index (χ2v) is 7.46. The smallest absolute Gasteiger partial charge is 0.228 e. The number of fused-ring (bicyclic) bond motifs is 1. The minimum Gasteiger partial charge on any atom is -0.372 e. The standard InChI is InChI=1S/C23H27N3O/c1-17-21(20-8-4-5-9-22(20)25(17)2)16-23(27)24-18-10-12-19(13-11-18)26-14-6-3-7-15-26/h4-5,8-13H,3,6-7,14-16H2,1-2H3,(H,24,27). The summed E-state index contributed by atoms with van der Waals surface area (Å²) < 4.78 is 2.16. The van der Waals surface area contributed by atoms with Crippen LogP contribution in [0, 0.1) is 6.92 Å². The lowest BCUT2D eigenvalue weighted by atomic mass is 10.1. The average molecular weight is 361 g/mol. The molecule has 2 heterocycles.